The fourth-order valence-electron chi connectivity index (χ4n) is 1.72. The summed E-state index contributed by atoms with van der Waals surface area (Å²) in [5.74, 6) is 1.20. The van der Waals surface area contributed by atoms with Gasteiger partial charge in [0.25, 0.3) is 0 Å². The summed E-state index contributed by atoms with van der Waals surface area (Å²) < 4.78 is 0. The molecule has 1 rings (SSSR count). The van der Waals surface area contributed by atoms with Crippen LogP contribution in [0.3, 0.4) is 0 Å². The third-order valence-corrected chi connectivity index (χ3v) is 3.63. The third-order valence-electron chi connectivity index (χ3n) is 2.72. The van der Waals surface area contributed by atoms with Gasteiger partial charge in [-0.3, -0.25) is 4.99 Å². The summed E-state index contributed by atoms with van der Waals surface area (Å²) in [6.45, 7) is 0.891. The average Bonchev–Trinajstić information content (AvgIpc) is 2.13. The number of hydrogen-bond acceptors (Lipinski definition) is 4. The second-order valence-corrected chi connectivity index (χ2v) is 4.79. The van der Waals surface area contributed by atoms with E-state index in [9.17, 15) is 0 Å². The van der Waals surface area contributed by atoms with Gasteiger partial charge in [-0.15, -0.1) is 0 Å². The first kappa shape index (κ1) is 11.4. The van der Waals surface area contributed by atoms with Crippen molar-refractivity contribution in [3.05, 3.63) is 11.9 Å². The molecule has 1 fully saturated rings. The molecule has 1 saturated carbocycles. The van der Waals surface area contributed by atoms with E-state index in [0.717, 1.165) is 6.54 Å². The van der Waals surface area contributed by atoms with Crippen LogP contribution in [-0.2, 0) is 0 Å². The van der Waals surface area contributed by atoms with Crippen LogP contribution in [0.15, 0.2) is 16.9 Å². The number of aliphatic imine (C=N–C) groups is 1. The van der Waals surface area contributed by atoms with Crippen LogP contribution in [0.25, 0.3) is 0 Å². The molecule has 14 heavy (non-hydrogen) atoms. The lowest BCUT2D eigenvalue weighted by atomic mass is 9.70. The van der Waals surface area contributed by atoms with E-state index in [1.54, 1.807) is 6.21 Å². The van der Waals surface area contributed by atoms with Crippen LogP contribution in [0.4, 0.5) is 0 Å². The topological polar surface area (TPSA) is 64.4 Å². The Bertz CT molecular complexity index is 232. The Morgan fingerprint density at radius 3 is 2.71 bits per heavy atom. The highest BCUT2D eigenvalue weighted by atomic mass is 32.2. The minimum Gasteiger partial charge on any atom is -0.403 e. The molecule has 0 spiro atoms. The van der Waals surface area contributed by atoms with Crippen molar-refractivity contribution < 1.29 is 0 Å². The van der Waals surface area contributed by atoms with Crippen LogP contribution in [0, 0.1) is 5.41 Å². The Labute approximate surface area is 90.0 Å². The SMILES string of the molecule is CSCC1(CN=C/C(N)=C\N)CCC1. The monoisotopic (exact) mass is 213 g/mol. The number of allylic oxidation sites excluding steroid dienone is 1. The summed E-state index contributed by atoms with van der Waals surface area (Å²) in [7, 11) is 0. The van der Waals surface area contributed by atoms with Crippen molar-refractivity contribution in [3.8, 4) is 0 Å². The van der Waals surface area contributed by atoms with E-state index in [-0.39, 0.29) is 0 Å². The minimum absolute atomic E-state index is 0.449. The number of nitrogens with zero attached hydrogens (tertiary/aromatic N) is 1. The molecule has 0 heterocycles. The molecule has 0 aromatic carbocycles. The summed E-state index contributed by atoms with van der Waals surface area (Å²) >= 11 is 1.90. The lowest BCUT2D eigenvalue weighted by molar-refractivity contribution is 0.181. The van der Waals surface area contributed by atoms with Gasteiger partial charge >= 0.3 is 0 Å². The molecule has 0 aromatic heterocycles. The van der Waals surface area contributed by atoms with Gasteiger partial charge in [0.15, 0.2) is 0 Å². The summed E-state index contributed by atoms with van der Waals surface area (Å²) in [5.41, 5.74) is 11.8. The standard InChI is InChI=1S/C10H19N3S/c1-14-8-10(3-2-4-10)7-13-6-9(12)5-11/h5-6H,2-4,7-8,11-12H2,1H3/b9-5+,13-6?. The molecule has 0 atom stereocenters. The van der Waals surface area contributed by atoms with E-state index in [1.165, 1.54) is 31.2 Å². The fourth-order valence-corrected chi connectivity index (χ4v) is 2.71. The predicted molar refractivity (Wildman–Crippen MR) is 64.5 cm³/mol. The molecule has 0 aliphatic heterocycles. The highest BCUT2D eigenvalue weighted by Crippen LogP contribution is 2.43. The molecule has 3 nitrogen and oxygen atoms in total. The van der Waals surface area contributed by atoms with Crippen molar-refractivity contribution in [2.45, 2.75) is 19.3 Å². The molecule has 0 bridgehead atoms. The highest BCUT2D eigenvalue weighted by molar-refractivity contribution is 7.98. The molecule has 0 amide bonds. The van der Waals surface area contributed by atoms with Crippen molar-refractivity contribution in [2.24, 2.45) is 21.9 Å². The molecule has 1 aliphatic rings. The number of hydrogen-bond donors (Lipinski definition) is 2. The highest BCUT2D eigenvalue weighted by Gasteiger charge is 2.35. The van der Waals surface area contributed by atoms with Crippen molar-refractivity contribution in [1.29, 1.82) is 0 Å². The van der Waals surface area contributed by atoms with E-state index < -0.39 is 0 Å². The lowest BCUT2D eigenvalue weighted by Gasteiger charge is -2.40. The van der Waals surface area contributed by atoms with Crippen molar-refractivity contribution in [1.82, 2.24) is 0 Å². The van der Waals surface area contributed by atoms with E-state index in [4.69, 9.17) is 11.5 Å². The molecule has 4 heteroatoms. The van der Waals surface area contributed by atoms with E-state index >= 15 is 0 Å². The molecule has 0 unspecified atom stereocenters. The number of rotatable bonds is 5. The molecular formula is C10H19N3S. The molecule has 0 radical (unpaired) electrons. The van der Waals surface area contributed by atoms with Crippen LogP contribution in [0.2, 0.25) is 0 Å². The van der Waals surface area contributed by atoms with E-state index in [0.29, 0.717) is 11.1 Å². The molecular weight excluding hydrogens is 194 g/mol. The van der Waals surface area contributed by atoms with Crippen molar-refractivity contribution in [2.75, 3.05) is 18.6 Å². The van der Waals surface area contributed by atoms with Gasteiger partial charge in [0.2, 0.25) is 0 Å². The molecule has 0 aromatic rings. The van der Waals surface area contributed by atoms with Crippen LogP contribution in [0.1, 0.15) is 19.3 Å². The van der Waals surface area contributed by atoms with Gasteiger partial charge in [-0.05, 0) is 24.5 Å². The first-order chi connectivity index (χ1) is 6.72. The lowest BCUT2D eigenvalue weighted by Crippen LogP contribution is -2.35. The molecule has 1 aliphatic carbocycles. The fraction of sp³-hybridized carbons (Fsp3) is 0.700. The summed E-state index contributed by atoms with van der Waals surface area (Å²) in [6, 6.07) is 0. The maximum atomic E-state index is 5.52. The Morgan fingerprint density at radius 2 is 2.29 bits per heavy atom. The van der Waals surface area contributed by atoms with Crippen molar-refractivity contribution in [3.63, 3.8) is 0 Å². The van der Waals surface area contributed by atoms with Gasteiger partial charge in [0.05, 0.1) is 5.70 Å². The van der Waals surface area contributed by atoms with Gasteiger partial charge in [0.1, 0.15) is 0 Å². The zero-order valence-electron chi connectivity index (χ0n) is 8.70. The number of thioether (sulfide) groups is 1. The Hall–Kier alpha value is -0.640. The summed E-state index contributed by atoms with van der Waals surface area (Å²) in [4.78, 5) is 4.34. The second kappa shape index (κ2) is 5.29. The van der Waals surface area contributed by atoms with Crippen LogP contribution < -0.4 is 11.5 Å². The van der Waals surface area contributed by atoms with E-state index in [2.05, 4.69) is 11.2 Å². The van der Waals surface area contributed by atoms with Crippen LogP contribution >= 0.6 is 11.8 Å². The van der Waals surface area contributed by atoms with Gasteiger partial charge < -0.3 is 11.5 Å². The smallest absolute Gasteiger partial charge is 0.0652 e. The first-order valence-electron chi connectivity index (χ1n) is 4.88. The maximum Gasteiger partial charge on any atom is 0.0652 e. The van der Waals surface area contributed by atoms with Crippen molar-refractivity contribution >= 4 is 18.0 Å². The van der Waals surface area contributed by atoms with Gasteiger partial charge in [0, 0.05) is 24.7 Å². The maximum absolute atomic E-state index is 5.52. The zero-order valence-corrected chi connectivity index (χ0v) is 9.52. The zero-order chi connectivity index (χ0) is 10.4. The summed E-state index contributed by atoms with van der Waals surface area (Å²) in [5, 5.41) is 0. The Balaban J connectivity index is 2.38. The van der Waals surface area contributed by atoms with Crippen LogP contribution in [-0.4, -0.2) is 24.8 Å². The Kier molecular flexibility index (Phi) is 4.32. The van der Waals surface area contributed by atoms with E-state index in [1.807, 2.05) is 11.8 Å². The minimum atomic E-state index is 0.449. The number of nitrogens with two attached hydrogens (primary N) is 2. The normalized spacial score (nSPS) is 21.1. The van der Waals surface area contributed by atoms with Gasteiger partial charge in [-0.1, -0.05) is 6.42 Å². The quantitative estimate of drug-likeness (QED) is 0.678. The molecule has 4 N–H and O–H groups in total. The van der Waals surface area contributed by atoms with Crippen LogP contribution in [0.5, 0.6) is 0 Å². The summed E-state index contributed by atoms with van der Waals surface area (Å²) in [6.07, 6.45) is 9.15. The Morgan fingerprint density at radius 1 is 1.57 bits per heavy atom. The molecule has 80 valence electrons. The van der Waals surface area contributed by atoms with Gasteiger partial charge in [-0.25, -0.2) is 0 Å². The average molecular weight is 213 g/mol. The first-order valence-corrected chi connectivity index (χ1v) is 6.28. The third kappa shape index (κ3) is 2.94. The predicted octanol–water partition coefficient (Wildman–Crippen LogP) is 1.35. The van der Waals surface area contributed by atoms with Gasteiger partial charge in [-0.2, -0.15) is 11.8 Å². The molecule has 0 saturated heterocycles. The second-order valence-electron chi connectivity index (χ2n) is 3.92. The largest absolute Gasteiger partial charge is 0.403 e.